The lowest BCUT2D eigenvalue weighted by Gasteiger charge is -2.25. The molecule has 0 aromatic heterocycles. The van der Waals surface area contributed by atoms with Crippen LogP contribution in [0, 0.1) is 0 Å². The van der Waals surface area contributed by atoms with Crippen LogP contribution in [0.2, 0.25) is 0 Å². The molecule has 0 atom stereocenters. The second-order valence-corrected chi connectivity index (χ2v) is 4.11. The summed E-state index contributed by atoms with van der Waals surface area (Å²) < 4.78 is 5.54. The molecule has 0 amide bonds. The Morgan fingerprint density at radius 3 is 2.54 bits per heavy atom. The van der Waals surface area contributed by atoms with Crippen LogP contribution in [-0.2, 0) is 4.74 Å². The van der Waals surface area contributed by atoms with Crippen LogP contribution in [0.1, 0.15) is 25.7 Å². The van der Waals surface area contributed by atoms with Crippen molar-refractivity contribution in [2.75, 3.05) is 6.61 Å². The van der Waals surface area contributed by atoms with Gasteiger partial charge in [0, 0.05) is 11.6 Å². The molecule has 76 valence electrons. The molecular formula is C9H15Cl2NO. The first-order valence-corrected chi connectivity index (χ1v) is 5.35. The molecule has 0 aliphatic heterocycles. The van der Waals surface area contributed by atoms with Crippen LogP contribution < -0.4 is 5.73 Å². The largest absolute Gasteiger partial charge is 0.373 e. The Kier molecular flexibility index (Phi) is 5.10. The molecule has 0 unspecified atom stereocenters. The highest BCUT2D eigenvalue weighted by Gasteiger charge is 2.18. The van der Waals surface area contributed by atoms with E-state index in [9.17, 15) is 0 Å². The number of halogens is 2. The molecule has 0 spiro atoms. The van der Waals surface area contributed by atoms with Gasteiger partial charge in [0.25, 0.3) is 0 Å². The fourth-order valence-corrected chi connectivity index (χ4v) is 1.61. The van der Waals surface area contributed by atoms with Gasteiger partial charge in [-0.15, -0.1) is 0 Å². The summed E-state index contributed by atoms with van der Waals surface area (Å²) >= 11 is 11.1. The molecule has 1 saturated carbocycles. The lowest BCUT2D eigenvalue weighted by molar-refractivity contribution is 0.0414. The third-order valence-corrected chi connectivity index (χ3v) is 2.89. The first kappa shape index (κ1) is 11.3. The highest BCUT2D eigenvalue weighted by molar-refractivity contribution is 6.36. The van der Waals surface area contributed by atoms with Gasteiger partial charge in [0.15, 0.2) is 0 Å². The maximum absolute atomic E-state index is 5.76. The molecule has 2 N–H and O–H groups in total. The van der Waals surface area contributed by atoms with Gasteiger partial charge < -0.3 is 10.5 Å². The SMILES string of the molecule is NC1CCC(OC/C(Cl)=C/Cl)CC1. The van der Waals surface area contributed by atoms with Crippen LogP contribution in [0.3, 0.4) is 0 Å². The second kappa shape index (κ2) is 5.86. The molecule has 4 heteroatoms. The molecule has 0 heterocycles. The Hall–Kier alpha value is 0.240. The van der Waals surface area contributed by atoms with Gasteiger partial charge in [-0.2, -0.15) is 0 Å². The fraction of sp³-hybridized carbons (Fsp3) is 0.778. The highest BCUT2D eigenvalue weighted by atomic mass is 35.5. The van der Waals surface area contributed by atoms with Gasteiger partial charge >= 0.3 is 0 Å². The van der Waals surface area contributed by atoms with Crippen molar-refractivity contribution in [1.29, 1.82) is 0 Å². The first-order valence-electron chi connectivity index (χ1n) is 4.54. The van der Waals surface area contributed by atoms with Crippen molar-refractivity contribution in [3.63, 3.8) is 0 Å². The van der Waals surface area contributed by atoms with Crippen LogP contribution in [0.5, 0.6) is 0 Å². The van der Waals surface area contributed by atoms with Crippen LogP contribution >= 0.6 is 23.2 Å². The maximum atomic E-state index is 5.76. The molecule has 0 aromatic rings. The predicted molar refractivity (Wildman–Crippen MR) is 56.0 cm³/mol. The lowest BCUT2D eigenvalue weighted by Crippen LogP contribution is -2.30. The van der Waals surface area contributed by atoms with E-state index in [1.54, 1.807) is 0 Å². The van der Waals surface area contributed by atoms with Crippen LogP contribution in [0.4, 0.5) is 0 Å². The van der Waals surface area contributed by atoms with Crippen LogP contribution in [0.25, 0.3) is 0 Å². The zero-order valence-electron chi connectivity index (χ0n) is 7.51. The van der Waals surface area contributed by atoms with Crippen molar-refractivity contribution in [2.24, 2.45) is 5.73 Å². The van der Waals surface area contributed by atoms with Gasteiger partial charge in [-0.05, 0) is 25.7 Å². The summed E-state index contributed by atoms with van der Waals surface area (Å²) in [4.78, 5) is 0. The van der Waals surface area contributed by atoms with E-state index in [-0.39, 0.29) is 0 Å². The molecule has 0 radical (unpaired) electrons. The summed E-state index contributed by atoms with van der Waals surface area (Å²) in [5.41, 5.74) is 7.11. The summed E-state index contributed by atoms with van der Waals surface area (Å²) in [6, 6.07) is 0.360. The standard InChI is InChI=1S/C9H15Cl2NO/c10-5-7(11)6-13-9-3-1-8(12)2-4-9/h5,8-9H,1-4,6,12H2/b7-5-. The number of nitrogens with two attached hydrogens (primary N) is 1. The van der Waals surface area contributed by atoms with Crippen molar-refractivity contribution in [3.8, 4) is 0 Å². The minimum Gasteiger partial charge on any atom is -0.373 e. The van der Waals surface area contributed by atoms with Crippen LogP contribution in [-0.4, -0.2) is 18.8 Å². The minimum absolute atomic E-state index is 0.310. The molecule has 0 aromatic carbocycles. The zero-order valence-corrected chi connectivity index (χ0v) is 9.02. The van der Waals surface area contributed by atoms with Crippen molar-refractivity contribution in [3.05, 3.63) is 10.6 Å². The minimum atomic E-state index is 0.310. The summed E-state index contributed by atoms with van der Waals surface area (Å²) in [6.45, 7) is 0.422. The topological polar surface area (TPSA) is 35.2 Å². The summed E-state index contributed by atoms with van der Waals surface area (Å²) in [5.74, 6) is 0. The molecule has 0 saturated heterocycles. The quantitative estimate of drug-likeness (QED) is 0.799. The van der Waals surface area contributed by atoms with E-state index in [4.69, 9.17) is 33.7 Å². The predicted octanol–water partition coefficient (Wildman–Crippen LogP) is 2.59. The van der Waals surface area contributed by atoms with Gasteiger partial charge in [-0.3, -0.25) is 0 Å². The first-order chi connectivity index (χ1) is 6.22. The summed E-state index contributed by atoms with van der Waals surface area (Å²) in [6.07, 6.45) is 4.48. The number of hydrogen-bond acceptors (Lipinski definition) is 2. The molecule has 1 fully saturated rings. The van der Waals surface area contributed by atoms with Crippen molar-refractivity contribution >= 4 is 23.2 Å². The molecule has 13 heavy (non-hydrogen) atoms. The molecule has 0 bridgehead atoms. The van der Waals surface area contributed by atoms with E-state index in [1.165, 1.54) is 5.54 Å². The third-order valence-electron chi connectivity index (χ3n) is 2.29. The fourth-order valence-electron chi connectivity index (χ4n) is 1.48. The van der Waals surface area contributed by atoms with Crippen LogP contribution in [0.15, 0.2) is 10.6 Å². The Morgan fingerprint density at radius 1 is 1.38 bits per heavy atom. The summed E-state index contributed by atoms with van der Waals surface area (Å²) in [5, 5.41) is 0.552. The lowest BCUT2D eigenvalue weighted by atomic mass is 9.94. The van der Waals surface area contributed by atoms with Gasteiger partial charge in [-0.1, -0.05) is 23.2 Å². The van der Waals surface area contributed by atoms with Crippen molar-refractivity contribution < 1.29 is 4.74 Å². The van der Waals surface area contributed by atoms with E-state index in [0.29, 0.717) is 23.8 Å². The third kappa shape index (κ3) is 4.32. The highest BCUT2D eigenvalue weighted by Crippen LogP contribution is 2.20. The second-order valence-electron chi connectivity index (χ2n) is 3.40. The molecule has 1 aliphatic carbocycles. The Bertz CT molecular complexity index is 176. The molecule has 1 rings (SSSR count). The van der Waals surface area contributed by atoms with Crippen molar-refractivity contribution in [1.82, 2.24) is 0 Å². The molecule has 2 nitrogen and oxygen atoms in total. The van der Waals surface area contributed by atoms with Gasteiger partial charge in [0.2, 0.25) is 0 Å². The number of ether oxygens (including phenoxy) is 1. The average Bonchev–Trinajstić information content (AvgIpc) is 2.16. The Morgan fingerprint density at radius 2 is 2.00 bits per heavy atom. The van der Waals surface area contributed by atoms with Gasteiger partial charge in [-0.25, -0.2) is 0 Å². The van der Waals surface area contributed by atoms with E-state index in [1.807, 2.05) is 0 Å². The molecular weight excluding hydrogens is 209 g/mol. The van der Waals surface area contributed by atoms with E-state index < -0.39 is 0 Å². The van der Waals surface area contributed by atoms with E-state index >= 15 is 0 Å². The normalized spacial score (nSPS) is 30.5. The average molecular weight is 224 g/mol. The van der Waals surface area contributed by atoms with E-state index in [2.05, 4.69) is 0 Å². The van der Waals surface area contributed by atoms with Gasteiger partial charge in [0.1, 0.15) is 0 Å². The van der Waals surface area contributed by atoms with E-state index in [0.717, 1.165) is 25.7 Å². The monoisotopic (exact) mass is 223 g/mol. The van der Waals surface area contributed by atoms with Gasteiger partial charge in [0.05, 0.1) is 17.7 Å². The molecule has 1 aliphatic rings. The Balaban J connectivity index is 2.16. The zero-order chi connectivity index (χ0) is 9.68. The smallest absolute Gasteiger partial charge is 0.0835 e. The number of hydrogen-bond donors (Lipinski definition) is 1. The number of rotatable bonds is 3. The maximum Gasteiger partial charge on any atom is 0.0835 e. The summed E-state index contributed by atoms with van der Waals surface area (Å²) in [7, 11) is 0. The van der Waals surface area contributed by atoms with Crippen molar-refractivity contribution in [2.45, 2.75) is 37.8 Å². The Labute approximate surface area is 89.0 Å².